The summed E-state index contributed by atoms with van der Waals surface area (Å²) in [5.41, 5.74) is 12.2. The van der Waals surface area contributed by atoms with E-state index >= 15 is 0 Å². The van der Waals surface area contributed by atoms with Gasteiger partial charge in [0.05, 0.1) is 22.8 Å². The molecule has 4 aromatic heterocycles. The summed E-state index contributed by atoms with van der Waals surface area (Å²) in [7, 11) is 0. The second-order valence-electron chi connectivity index (χ2n) is 14.5. The lowest BCUT2D eigenvalue weighted by molar-refractivity contribution is 0.590. The van der Waals surface area contributed by atoms with E-state index in [4.69, 9.17) is 9.97 Å². The highest BCUT2D eigenvalue weighted by Crippen LogP contribution is 2.43. The molecule has 0 aliphatic carbocycles. The third-order valence-corrected chi connectivity index (χ3v) is 10.0. The Kier molecular flexibility index (Phi) is 9.35. The Morgan fingerprint density at radius 3 is 1.56 bits per heavy atom. The van der Waals surface area contributed by atoms with Gasteiger partial charge in [-0.05, 0) is 124 Å². The van der Waals surface area contributed by atoms with Crippen LogP contribution in [-0.4, -0.2) is 15.0 Å². The maximum absolute atomic E-state index is 5.06. The van der Waals surface area contributed by atoms with Crippen molar-refractivity contribution in [3.05, 3.63) is 132 Å². The fourth-order valence-electron chi connectivity index (χ4n) is 5.84. The molecule has 0 fully saturated rings. The highest BCUT2D eigenvalue weighted by Gasteiger charge is 2.20. The van der Waals surface area contributed by atoms with Crippen LogP contribution in [0, 0.1) is 0 Å². The molecule has 0 aliphatic heterocycles. The van der Waals surface area contributed by atoms with Crippen LogP contribution in [0.4, 0.5) is 16.4 Å². The van der Waals surface area contributed by atoms with Crippen molar-refractivity contribution >= 4 is 27.7 Å². The Balaban J connectivity index is 1.38. The van der Waals surface area contributed by atoms with E-state index in [1.54, 1.807) is 11.3 Å². The van der Waals surface area contributed by atoms with E-state index in [-0.39, 0.29) is 10.8 Å². The summed E-state index contributed by atoms with van der Waals surface area (Å²) in [6, 6.07) is 35.3. The van der Waals surface area contributed by atoms with E-state index < -0.39 is 0 Å². The Hall–Kier alpha value is -4.61. The maximum atomic E-state index is 5.06. The smallest absolute Gasteiger partial charge is 0.101 e. The van der Waals surface area contributed by atoms with E-state index in [0.29, 0.717) is 0 Å². The van der Waals surface area contributed by atoms with E-state index in [0.717, 1.165) is 57.6 Å². The van der Waals surface area contributed by atoms with Crippen molar-refractivity contribution in [3.63, 3.8) is 0 Å². The molecular weight excluding hydrogens is 605 g/mol. The molecule has 0 saturated heterocycles. The minimum Gasteiger partial charge on any atom is -0.302 e. The fraction of sp³-hybridized carbons (Fsp3) is 0.279. The van der Waals surface area contributed by atoms with E-state index in [2.05, 4.69) is 162 Å². The zero-order valence-electron chi connectivity index (χ0n) is 29.5. The van der Waals surface area contributed by atoms with Gasteiger partial charge in [0.15, 0.2) is 0 Å². The lowest BCUT2D eigenvalue weighted by Gasteiger charge is -2.26. The number of benzene rings is 2. The number of anilines is 3. The van der Waals surface area contributed by atoms with Crippen molar-refractivity contribution in [2.45, 2.75) is 79.1 Å². The van der Waals surface area contributed by atoms with Gasteiger partial charge >= 0.3 is 0 Å². The number of nitrogens with zero attached hydrogens (tertiary/aromatic N) is 4. The number of rotatable bonds is 8. The van der Waals surface area contributed by atoms with Crippen LogP contribution in [0.15, 0.2) is 109 Å². The normalized spacial score (nSPS) is 11.9. The number of hydrogen-bond donors (Lipinski definition) is 0. The first kappa shape index (κ1) is 33.3. The van der Waals surface area contributed by atoms with Crippen LogP contribution in [0.1, 0.15) is 77.6 Å². The van der Waals surface area contributed by atoms with Gasteiger partial charge in [-0.2, -0.15) is 0 Å². The summed E-state index contributed by atoms with van der Waals surface area (Å²) in [4.78, 5) is 18.0. The third kappa shape index (κ3) is 7.27. The Morgan fingerprint density at radius 1 is 0.542 bits per heavy atom. The summed E-state index contributed by atoms with van der Waals surface area (Å²) < 4.78 is 0. The van der Waals surface area contributed by atoms with Crippen molar-refractivity contribution in [1.82, 2.24) is 15.0 Å². The molecule has 0 aliphatic rings. The molecule has 244 valence electrons. The van der Waals surface area contributed by atoms with Crippen molar-refractivity contribution in [3.8, 4) is 33.2 Å². The molecule has 0 unspecified atom stereocenters. The first-order valence-electron chi connectivity index (χ1n) is 17.0. The highest BCUT2D eigenvalue weighted by molar-refractivity contribution is 7.19. The molecule has 5 heteroatoms. The Bertz CT molecular complexity index is 1950. The molecule has 0 radical (unpaired) electrons. The standard InChI is InChI=1S/C43H46N4S/c1-9-29-21-23-44-36(25-29)38-26-30(10-2)27-39(46-38)37-28-31(22-24-45-37)40-19-20-41(48-40)47(34-15-11-32(12-16-34)42(3,4)5)35-17-13-33(14-18-35)43(6,7)8/h11-28H,9-10H2,1-8H3. The molecule has 0 spiro atoms. The fourth-order valence-corrected chi connectivity index (χ4v) is 6.88. The first-order chi connectivity index (χ1) is 22.9. The number of aryl methyl sites for hydroxylation is 2. The largest absolute Gasteiger partial charge is 0.302 e. The average molecular weight is 651 g/mol. The topological polar surface area (TPSA) is 41.9 Å². The number of thiophene rings is 1. The average Bonchev–Trinajstić information content (AvgIpc) is 3.58. The van der Waals surface area contributed by atoms with Crippen LogP contribution in [0.3, 0.4) is 0 Å². The molecule has 0 bridgehead atoms. The van der Waals surface area contributed by atoms with Gasteiger partial charge in [-0.25, -0.2) is 4.98 Å². The minimum absolute atomic E-state index is 0.0925. The van der Waals surface area contributed by atoms with Crippen LogP contribution in [0.25, 0.3) is 33.2 Å². The molecule has 0 N–H and O–H groups in total. The van der Waals surface area contributed by atoms with Gasteiger partial charge in [0.1, 0.15) is 5.00 Å². The van der Waals surface area contributed by atoms with Crippen LogP contribution in [0.5, 0.6) is 0 Å². The van der Waals surface area contributed by atoms with Crippen LogP contribution < -0.4 is 4.90 Å². The van der Waals surface area contributed by atoms with Gasteiger partial charge in [-0.1, -0.05) is 79.7 Å². The summed E-state index contributed by atoms with van der Waals surface area (Å²) >= 11 is 1.79. The molecule has 6 aromatic rings. The Morgan fingerprint density at radius 2 is 1.04 bits per heavy atom. The molecule has 0 amide bonds. The van der Waals surface area contributed by atoms with Crippen molar-refractivity contribution in [2.24, 2.45) is 0 Å². The molecule has 2 aromatic carbocycles. The van der Waals surface area contributed by atoms with Gasteiger partial charge in [-0.3, -0.25) is 9.97 Å². The third-order valence-electron chi connectivity index (χ3n) is 8.89. The molecule has 4 heterocycles. The quantitative estimate of drug-likeness (QED) is 0.164. The number of aromatic nitrogens is 3. The SMILES string of the molecule is CCc1ccnc(-c2cc(CC)cc(-c3cc(-c4ccc(N(c5ccc(C(C)(C)C)cc5)c5ccc(C(C)(C)C)cc5)s4)ccn3)n2)c1. The van der Waals surface area contributed by atoms with Gasteiger partial charge < -0.3 is 4.90 Å². The highest BCUT2D eigenvalue weighted by atomic mass is 32.1. The molecule has 6 rings (SSSR count). The first-order valence-corrected chi connectivity index (χ1v) is 17.8. The molecule has 4 nitrogen and oxygen atoms in total. The van der Waals surface area contributed by atoms with Crippen LogP contribution in [-0.2, 0) is 23.7 Å². The maximum Gasteiger partial charge on any atom is 0.101 e. The summed E-state index contributed by atoms with van der Waals surface area (Å²) in [6.07, 6.45) is 5.65. The van der Waals surface area contributed by atoms with Crippen molar-refractivity contribution in [2.75, 3.05) is 4.90 Å². The molecule has 48 heavy (non-hydrogen) atoms. The second-order valence-corrected chi connectivity index (χ2v) is 15.6. The lowest BCUT2D eigenvalue weighted by Crippen LogP contribution is -2.13. The van der Waals surface area contributed by atoms with Gasteiger partial charge in [0.25, 0.3) is 0 Å². The molecule has 0 saturated carbocycles. The van der Waals surface area contributed by atoms with Gasteiger partial charge in [0.2, 0.25) is 0 Å². The van der Waals surface area contributed by atoms with E-state index in [1.165, 1.54) is 27.1 Å². The van der Waals surface area contributed by atoms with Crippen LogP contribution >= 0.6 is 11.3 Å². The molecule has 0 atom stereocenters. The molecular formula is C43H46N4S. The predicted octanol–water partition coefficient (Wildman–Crippen LogP) is 12.1. The zero-order valence-corrected chi connectivity index (χ0v) is 30.3. The predicted molar refractivity (Wildman–Crippen MR) is 205 cm³/mol. The number of pyridine rings is 3. The minimum atomic E-state index is 0.0925. The lowest BCUT2D eigenvalue weighted by atomic mass is 9.87. The second kappa shape index (κ2) is 13.5. The summed E-state index contributed by atoms with van der Waals surface area (Å²) in [6.45, 7) is 17.9. The zero-order chi connectivity index (χ0) is 34.1. The summed E-state index contributed by atoms with van der Waals surface area (Å²) in [5, 5.41) is 1.16. The number of hydrogen-bond acceptors (Lipinski definition) is 5. The van der Waals surface area contributed by atoms with Crippen molar-refractivity contribution < 1.29 is 0 Å². The van der Waals surface area contributed by atoms with E-state index in [1.807, 2.05) is 12.4 Å². The van der Waals surface area contributed by atoms with Crippen molar-refractivity contribution in [1.29, 1.82) is 0 Å². The van der Waals surface area contributed by atoms with Crippen LogP contribution in [0.2, 0.25) is 0 Å². The summed E-state index contributed by atoms with van der Waals surface area (Å²) in [5.74, 6) is 0. The van der Waals surface area contributed by atoms with Gasteiger partial charge in [0, 0.05) is 28.6 Å². The van der Waals surface area contributed by atoms with Gasteiger partial charge in [-0.15, -0.1) is 11.3 Å². The van der Waals surface area contributed by atoms with E-state index in [9.17, 15) is 0 Å². The monoisotopic (exact) mass is 650 g/mol. The Labute approximate surface area is 290 Å².